The van der Waals surface area contributed by atoms with E-state index in [1.54, 1.807) is 0 Å². The van der Waals surface area contributed by atoms with Gasteiger partial charge in [0.1, 0.15) is 0 Å². The van der Waals surface area contributed by atoms with Gasteiger partial charge in [-0.15, -0.1) is 0 Å². The zero-order valence-corrected chi connectivity index (χ0v) is 22.2. The van der Waals surface area contributed by atoms with E-state index >= 15 is 0 Å². The van der Waals surface area contributed by atoms with E-state index in [1.807, 2.05) is 0 Å². The minimum atomic E-state index is 0.671. The SMILES string of the molecule is CCCCCCCCCCCCCCCCCCCCC(CC)(CC)CCCCC. The van der Waals surface area contributed by atoms with Crippen LogP contribution in [0.2, 0.25) is 0 Å². The summed E-state index contributed by atoms with van der Waals surface area (Å²) in [5, 5.41) is 0. The quantitative estimate of drug-likeness (QED) is 0.128. The number of rotatable bonds is 25. The lowest BCUT2D eigenvalue weighted by atomic mass is 9.74. The molecule has 0 amide bonds. The fourth-order valence-electron chi connectivity index (χ4n) is 5.23. The van der Waals surface area contributed by atoms with Gasteiger partial charge in [-0.2, -0.15) is 0 Å². The Morgan fingerprint density at radius 2 is 0.533 bits per heavy atom. The van der Waals surface area contributed by atoms with E-state index < -0.39 is 0 Å². The summed E-state index contributed by atoms with van der Waals surface area (Å²) >= 11 is 0. The van der Waals surface area contributed by atoms with Crippen molar-refractivity contribution in [1.82, 2.24) is 0 Å². The highest BCUT2D eigenvalue weighted by atomic mass is 14.3. The highest BCUT2D eigenvalue weighted by molar-refractivity contribution is 4.76. The van der Waals surface area contributed by atoms with Crippen molar-refractivity contribution in [2.75, 3.05) is 0 Å². The Hall–Kier alpha value is 0. The first-order chi connectivity index (χ1) is 14.7. The van der Waals surface area contributed by atoms with Crippen LogP contribution in [-0.4, -0.2) is 0 Å². The molecule has 0 aromatic heterocycles. The zero-order valence-electron chi connectivity index (χ0n) is 22.2. The van der Waals surface area contributed by atoms with Crippen LogP contribution in [0, 0.1) is 5.41 Å². The Labute approximate surface area is 193 Å². The van der Waals surface area contributed by atoms with Crippen LogP contribution < -0.4 is 0 Å². The van der Waals surface area contributed by atoms with Crippen molar-refractivity contribution in [3.63, 3.8) is 0 Å². The molecule has 0 saturated carbocycles. The van der Waals surface area contributed by atoms with E-state index in [9.17, 15) is 0 Å². The topological polar surface area (TPSA) is 0 Å². The van der Waals surface area contributed by atoms with Gasteiger partial charge in [-0.25, -0.2) is 0 Å². The zero-order chi connectivity index (χ0) is 22.2. The second kappa shape index (κ2) is 23.7. The molecule has 0 atom stereocenters. The minimum Gasteiger partial charge on any atom is -0.0654 e. The molecular formula is C30H62. The summed E-state index contributed by atoms with van der Waals surface area (Å²) < 4.78 is 0. The molecule has 0 radical (unpaired) electrons. The summed E-state index contributed by atoms with van der Waals surface area (Å²) in [5.74, 6) is 0. The molecule has 30 heavy (non-hydrogen) atoms. The summed E-state index contributed by atoms with van der Waals surface area (Å²) in [4.78, 5) is 0. The molecule has 0 fully saturated rings. The summed E-state index contributed by atoms with van der Waals surface area (Å²) in [6.45, 7) is 9.50. The minimum absolute atomic E-state index is 0.671. The summed E-state index contributed by atoms with van der Waals surface area (Å²) in [5.41, 5.74) is 0.671. The molecule has 0 unspecified atom stereocenters. The van der Waals surface area contributed by atoms with Gasteiger partial charge in [0.15, 0.2) is 0 Å². The van der Waals surface area contributed by atoms with Gasteiger partial charge in [0.25, 0.3) is 0 Å². The molecule has 0 aliphatic rings. The smallest absolute Gasteiger partial charge is 0.0303 e. The van der Waals surface area contributed by atoms with E-state index in [0.29, 0.717) is 5.41 Å². The van der Waals surface area contributed by atoms with Crippen molar-refractivity contribution in [3.8, 4) is 0 Å². The maximum atomic E-state index is 2.43. The van der Waals surface area contributed by atoms with Crippen molar-refractivity contribution >= 4 is 0 Å². The lowest BCUT2D eigenvalue weighted by molar-refractivity contribution is 0.203. The molecule has 0 bridgehead atoms. The van der Waals surface area contributed by atoms with Crippen LogP contribution in [0.4, 0.5) is 0 Å². The van der Waals surface area contributed by atoms with Crippen LogP contribution in [0.25, 0.3) is 0 Å². The summed E-state index contributed by atoms with van der Waals surface area (Å²) in [6.07, 6.45) is 36.6. The predicted octanol–water partition coefficient (Wildman–Crippen LogP) is 11.8. The van der Waals surface area contributed by atoms with Gasteiger partial charge in [-0.3, -0.25) is 0 Å². The Balaban J connectivity index is 3.35. The van der Waals surface area contributed by atoms with Gasteiger partial charge in [0, 0.05) is 0 Å². The van der Waals surface area contributed by atoms with Gasteiger partial charge in [0.05, 0.1) is 0 Å². The fourth-order valence-corrected chi connectivity index (χ4v) is 5.23. The molecule has 0 aliphatic carbocycles. The highest BCUT2D eigenvalue weighted by Gasteiger charge is 2.24. The van der Waals surface area contributed by atoms with Gasteiger partial charge >= 0.3 is 0 Å². The second-order valence-electron chi connectivity index (χ2n) is 10.4. The van der Waals surface area contributed by atoms with Gasteiger partial charge in [-0.1, -0.05) is 175 Å². The van der Waals surface area contributed by atoms with Gasteiger partial charge in [0.2, 0.25) is 0 Å². The number of unbranched alkanes of at least 4 members (excludes halogenated alkanes) is 19. The molecule has 0 aromatic rings. The van der Waals surface area contributed by atoms with E-state index in [-0.39, 0.29) is 0 Å². The molecule has 0 heteroatoms. The van der Waals surface area contributed by atoms with Crippen LogP contribution in [-0.2, 0) is 0 Å². The van der Waals surface area contributed by atoms with Crippen LogP contribution >= 0.6 is 0 Å². The molecule has 0 aliphatic heterocycles. The number of hydrogen-bond donors (Lipinski definition) is 0. The number of hydrogen-bond acceptors (Lipinski definition) is 0. The standard InChI is InChI=1S/C30H62/c1-5-9-11-12-13-14-15-16-17-18-19-20-21-22-23-24-25-27-29-30(7-3,8-4)28-26-10-6-2/h5-29H2,1-4H3. The molecule has 0 N–H and O–H groups in total. The first kappa shape index (κ1) is 30.0. The van der Waals surface area contributed by atoms with Crippen molar-refractivity contribution in [2.24, 2.45) is 5.41 Å². The molecule has 0 aromatic carbocycles. The maximum absolute atomic E-state index is 2.43. The monoisotopic (exact) mass is 422 g/mol. The molecule has 0 rings (SSSR count). The normalized spacial score (nSPS) is 12.0. The molecule has 0 nitrogen and oxygen atoms in total. The van der Waals surface area contributed by atoms with E-state index in [2.05, 4.69) is 27.7 Å². The Kier molecular flexibility index (Phi) is 23.7. The van der Waals surface area contributed by atoms with Crippen molar-refractivity contribution in [1.29, 1.82) is 0 Å². The van der Waals surface area contributed by atoms with Gasteiger partial charge < -0.3 is 0 Å². The van der Waals surface area contributed by atoms with Crippen molar-refractivity contribution in [3.05, 3.63) is 0 Å². The first-order valence-electron chi connectivity index (χ1n) is 14.7. The molecule has 0 heterocycles. The lowest BCUT2D eigenvalue weighted by Gasteiger charge is -2.32. The Morgan fingerprint density at radius 3 is 0.833 bits per heavy atom. The molecular weight excluding hydrogens is 360 g/mol. The Morgan fingerprint density at radius 1 is 0.300 bits per heavy atom. The van der Waals surface area contributed by atoms with Crippen LogP contribution in [0.3, 0.4) is 0 Å². The van der Waals surface area contributed by atoms with Gasteiger partial charge in [-0.05, 0) is 18.3 Å². The summed E-state index contributed by atoms with van der Waals surface area (Å²) in [6, 6.07) is 0. The summed E-state index contributed by atoms with van der Waals surface area (Å²) in [7, 11) is 0. The van der Waals surface area contributed by atoms with Crippen LogP contribution in [0.15, 0.2) is 0 Å². The average molecular weight is 423 g/mol. The van der Waals surface area contributed by atoms with Crippen LogP contribution in [0.5, 0.6) is 0 Å². The first-order valence-corrected chi connectivity index (χ1v) is 14.7. The third-order valence-electron chi connectivity index (χ3n) is 7.87. The largest absolute Gasteiger partial charge is 0.0654 e. The fraction of sp³-hybridized carbons (Fsp3) is 1.00. The highest BCUT2D eigenvalue weighted by Crippen LogP contribution is 2.38. The molecule has 182 valence electrons. The molecule has 0 saturated heterocycles. The van der Waals surface area contributed by atoms with Crippen molar-refractivity contribution < 1.29 is 0 Å². The van der Waals surface area contributed by atoms with Crippen molar-refractivity contribution in [2.45, 2.75) is 188 Å². The maximum Gasteiger partial charge on any atom is -0.0303 e. The van der Waals surface area contributed by atoms with E-state index in [1.165, 1.54) is 161 Å². The predicted molar refractivity (Wildman–Crippen MR) is 141 cm³/mol. The lowest BCUT2D eigenvalue weighted by Crippen LogP contribution is -2.18. The average Bonchev–Trinajstić information content (AvgIpc) is 2.77. The third-order valence-corrected chi connectivity index (χ3v) is 7.87. The third kappa shape index (κ3) is 18.7. The van der Waals surface area contributed by atoms with Crippen LogP contribution in [0.1, 0.15) is 188 Å². The molecule has 0 spiro atoms. The van der Waals surface area contributed by atoms with E-state index in [4.69, 9.17) is 0 Å². The van der Waals surface area contributed by atoms with E-state index in [0.717, 1.165) is 0 Å². The second-order valence-corrected chi connectivity index (χ2v) is 10.4. The Bertz CT molecular complexity index is 301.